The van der Waals surface area contributed by atoms with Crippen molar-refractivity contribution in [1.82, 2.24) is 0 Å². The number of carbonyl (C=O) groups excluding carboxylic acids is 1. The van der Waals surface area contributed by atoms with Crippen LogP contribution in [0.1, 0.15) is 43.3 Å². The van der Waals surface area contributed by atoms with Crippen molar-refractivity contribution in [3.05, 3.63) is 35.9 Å². The number of esters is 1. The highest BCUT2D eigenvalue weighted by atomic mass is 31.2. The maximum absolute atomic E-state index is 12.8. The van der Waals surface area contributed by atoms with Gasteiger partial charge in [0.25, 0.3) is 0 Å². The summed E-state index contributed by atoms with van der Waals surface area (Å²) in [6.07, 6.45) is 4.90. The second-order valence-corrected chi connectivity index (χ2v) is 7.74. The number of hydrogen-bond donors (Lipinski definition) is 0. The van der Waals surface area contributed by atoms with Crippen molar-refractivity contribution in [2.45, 2.75) is 43.9 Å². The van der Waals surface area contributed by atoms with Crippen LogP contribution in [0.5, 0.6) is 0 Å². The molecule has 1 atom stereocenters. The van der Waals surface area contributed by atoms with E-state index >= 15 is 0 Å². The molecule has 0 N–H and O–H groups in total. The van der Waals surface area contributed by atoms with Crippen molar-refractivity contribution < 1.29 is 23.1 Å². The van der Waals surface area contributed by atoms with Crippen LogP contribution in [0.25, 0.3) is 0 Å². The van der Waals surface area contributed by atoms with Crippen molar-refractivity contribution in [2.24, 2.45) is 0 Å². The Labute approximate surface area is 131 Å². The summed E-state index contributed by atoms with van der Waals surface area (Å²) < 4.78 is 28.5. The zero-order valence-corrected chi connectivity index (χ0v) is 14.0. The van der Waals surface area contributed by atoms with E-state index in [1.807, 2.05) is 6.07 Å². The molecule has 22 heavy (non-hydrogen) atoms. The fourth-order valence-electron chi connectivity index (χ4n) is 2.78. The van der Waals surface area contributed by atoms with Crippen LogP contribution >= 0.6 is 7.60 Å². The molecule has 0 spiro atoms. The van der Waals surface area contributed by atoms with E-state index in [-0.39, 0.29) is 6.10 Å². The highest BCUT2D eigenvalue weighted by Crippen LogP contribution is 2.60. The lowest BCUT2D eigenvalue weighted by Crippen LogP contribution is -2.25. The number of benzene rings is 1. The summed E-state index contributed by atoms with van der Waals surface area (Å²) in [5, 5.41) is 0. The monoisotopic (exact) mass is 326 g/mol. The molecule has 1 aromatic rings. The SMILES string of the molecule is COP(=O)(OC)C(C(=O)OC1CCCCC1)c1ccccc1. The molecule has 2 rings (SSSR count). The predicted molar refractivity (Wildman–Crippen MR) is 83.8 cm³/mol. The van der Waals surface area contributed by atoms with Crippen LogP contribution in [-0.2, 0) is 23.1 Å². The van der Waals surface area contributed by atoms with Gasteiger partial charge in [-0.3, -0.25) is 9.36 Å². The zero-order valence-electron chi connectivity index (χ0n) is 13.1. The van der Waals surface area contributed by atoms with E-state index < -0.39 is 19.2 Å². The first-order valence-electron chi connectivity index (χ1n) is 7.57. The third-order valence-electron chi connectivity index (χ3n) is 4.00. The van der Waals surface area contributed by atoms with Gasteiger partial charge in [-0.2, -0.15) is 0 Å². The predicted octanol–water partition coefficient (Wildman–Crippen LogP) is 4.09. The minimum Gasteiger partial charge on any atom is -0.461 e. The molecule has 0 aliphatic heterocycles. The molecule has 0 saturated heterocycles. The molecule has 1 aromatic carbocycles. The van der Waals surface area contributed by atoms with E-state index in [9.17, 15) is 9.36 Å². The summed E-state index contributed by atoms with van der Waals surface area (Å²) >= 11 is 0. The van der Waals surface area contributed by atoms with E-state index in [1.54, 1.807) is 24.3 Å². The van der Waals surface area contributed by atoms with Crippen LogP contribution in [-0.4, -0.2) is 26.3 Å². The number of hydrogen-bond acceptors (Lipinski definition) is 5. The van der Waals surface area contributed by atoms with Crippen molar-refractivity contribution in [3.8, 4) is 0 Å². The van der Waals surface area contributed by atoms with Crippen LogP contribution in [0.4, 0.5) is 0 Å². The van der Waals surface area contributed by atoms with Crippen LogP contribution in [0.2, 0.25) is 0 Å². The largest absolute Gasteiger partial charge is 0.461 e. The topological polar surface area (TPSA) is 61.8 Å². The molecule has 1 fully saturated rings. The average molecular weight is 326 g/mol. The summed E-state index contributed by atoms with van der Waals surface area (Å²) in [6, 6.07) is 8.87. The molecule has 6 heteroatoms. The first-order chi connectivity index (χ1) is 10.6. The van der Waals surface area contributed by atoms with Gasteiger partial charge in [-0.15, -0.1) is 0 Å². The molecule has 1 aliphatic rings. The quantitative estimate of drug-likeness (QED) is 0.582. The van der Waals surface area contributed by atoms with Gasteiger partial charge in [0.05, 0.1) is 0 Å². The fourth-order valence-corrected chi connectivity index (χ4v) is 4.21. The van der Waals surface area contributed by atoms with Gasteiger partial charge in [-0.25, -0.2) is 0 Å². The smallest absolute Gasteiger partial charge is 0.348 e. The Hall–Kier alpha value is -1.16. The van der Waals surface area contributed by atoms with Gasteiger partial charge in [-0.1, -0.05) is 36.8 Å². The van der Waals surface area contributed by atoms with E-state index in [4.69, 9.17) is 13.8 Å². The highest BCUT2D eigenvalue weighted by Gasteiger charge is 2.43. The normalized spacial score (nSPS) is 17.9. The average Bonchev–Trinajstić information content (AvgIpc) is 2.56. The van der Waals surface area contributed by atoms with Gasteiger partial charge in [-0.05, 0) is 31.2 Å². The van der Waals surface area contributed by atoms with E-state index in [0.717, 1.165) is 25.7 Å². The van der Waals surface area contributed by atoms with Gasteiger partial charge in [0.2, 0.25) is 0 Å². The Morgan fingerprint density at radius 3 is 2.23 bits per heavy atom. The third-order valence-corrected chi connectivity index (χ3v) is 6.16. The van der Waals surface area contributed by atoms with E-state index in [2.05, 4.69) is 0 Å². The van der Waals surface area contributed by atoms with Crippen molar-refractivity contribution in [1.29, 1.82) is 0 Å². The fraction of sp³-hybridized carbons (Fsp3) is 0.562. The highest BCUT2D eigenvalue weighted by molar-refractivity contribution is 7.55. The number of rotatable bonds is 6. The first kappa shape index (κ1) is 17.2. The van der Waals surface area contributed by atoms with Gasteiger partial charge in [0, 0.05) is 14.2 Å². The second-order valence-electron chi connectivity index (χ2n) is 5.42. The molecule has 0 amide bonds. The van der Waals surface area contributed by atoms with Gasteiger partial charge >= 0.3 is 13.6 Å². The minimum atomic E-state index is -3.61. The standard InChI is InChI=1S/C16H23O5P/c1-19-22(18,20-2)15(13-9-5-3-6-10-13)16(17)21-14-11-7-4-8-12-14/h3,5-6,9-10,14-15H,4,7-8,11-12H2,1-2H3. The number of ether oxygens (including phenoxy) is 1. The van der Waals surface area contributed by atoms with E-state index in [1.165, 1.54) is 20.6 Å². The zero-order chi connectivity index (χ0) is 16.0. The van der Waals surface area contributed by atoms with Gasteiger partial charge in [0.1, 0.15) is 6.10 Å². The lowest BCUT2D eigenvalue weighted by atomic mass is 9.98. The molecule has 1 aliphatic carbocycles. The Bertz CT molecular complexity index is 517. The summed E-state index contributed by atoms with van der Waals surface area (Å²) in [7, 11) is -1.04. The Balaban J connectivity index is 2.24. The molecule has 122 valence electrons. The Kier molecular flexibility index (Phi) is 6.18. The Morgan fingerprint density at radius 1 is 1.09 bits per heavy atom. The molecule has 1 saturated carbocycles. The molecule has 0 radical (unpaired) electrons. The molecular weight excluding hydrogens is 303 g/mol. The van der Waals surface area contributed by atoms with Crippen LogP contribution < -0.4 is 0 Å². The molecule has 5 nitrogen and oxygen atoms in total. The van der Waals surface area contributed by atoms with Crippen LogP contribution in [0.3, 0.4) is 0 Å². The molecule has 0 heterocycles. The number of carbonyl (C=O) groups is 1. The maximum Gasteiger partial charge on any atom is 0.348 e. The molecule has 1 unspecified atom stereocenters. The van der Waals surface area contributed by atoms with Crippen LogP contribution in [0.15, 0.2) is 30.3 Å². The Morgan fingerprint density at radius 2 is 1.68 bits per heavy atom. The molecule has 0 aromatic heterocycles. The summed E-state index contributed by atoms with van der Waals surface area (Å²) in [5.41, 5.74) is -0.471. The van der Waals surface area contributed by atoms with Gasteiger partial charge in [0.15, 0.2) is 5.66 Å². The maximum atomic E-state index is 12.8. The summed E-state index contributed by atoms with van der Waals surface area (Å²) in [4.78, 5) is 12.6. The lowest BCUT2D eigenvalue weighted by Gasteiger charge is -2.27. The van der Waals surface area contributed by atoms with Crippen molar-refractivity contribution in [2.75, 3.05) is 14.2 Å². The first-order valence-corrected chi connectivity index (χ1v) is 9.18. The van der Waals surface area contributed by atoms with Crippen molar-refractivity contribution in [3.63, 3.8) is 0 Å². The van der Waals surface area contributed by atoms with Crippen LogP contribution in [0, 0.1) is 0 Å². The molecule has 0 bridgehead atoms. The molecular formula is C16H23O5P. The third kappa shape index (κ3) is 3.97. The lowest BCUT2D eigenvalue weighted by molar-refractivity contribution is -0.150. The van der Waals surface area contributed by atoms with Gasteiger partial charge < -0.3 is 13.8 Å². The minimum absolute atomic E-state index is 0.102. The summed E-state index contributed by atoms with van der Waals surface area (Å²) in [5.74, 6) is -0.537. The summed E-state index contributed by atoms with van der Waals surface area (Å²) in [6.45, 7) is 0. The van der Waals surface area contributed by atoms with E-state index in [0.29, 0.717) is 5.56 Å². The van der Waals surface area contributed by atoms with Crippen molar-refractivity contribution >= 4 is 13.6 Å². The second kappa shape index (κ2) is 7.91.